The van der Waals surface area contributed by atoms with Crippen molar-refractivity contribution in [2.75, 3.05) is 19.6 Å². The van der Waals surface area contributed by atoms with Crippen LogP contribution in [-0.2, 0) is 10.0 Å². The third-order valence-corrected chi connectivity index (χ3v) is 5.09. The number of hydrogen-bond donors (Lipinski definition) is 2. The van der Waals surface area contributed by atoms with E-state index in [2.05, 4.69) is 9.62 Å². The zero-order valence-corrected chi connectivity index (χ0v) is 12.6. The number of piperidine rings is 1. The summed E-state index contributed by atoms with van der Waals surface area (Å²) in [5.74, 6) is 0.0605. The largest absolute Gasteiger partial charge is 0.508 e. The highest BCUT2D eigenvalue weighted by Crippen LogP contribution is 2.15. The Bertz CT molecular complexity index is 522. The van der Waals surface area contributed by atoms with Crippen LogP contribution in [-0.4, -0.2) is 44.1 Å². The second-order valence-electron chi connectivity index (χ2n) is 5.38. The molecule has 0 amide bonds. The van der Waals surface area contributed by atoms with Crippen molar-refractivity contribution in [3.05, 3.63) is 24.3 Å². The van der Waals surface area contributed by atoms with E-state index < -0.39 is 10.0 Å². The van der Waals surface area contributed by atoms with Crippen LogP contribution in [0.4, 0.5) is 0 Å². The predicted molar refractivity (Wildman–Crippen MR) is 78.2 cm³/mol. The van der Waals surface area contributed by atoms with Crippen molar-refractivity contribution in [3.63, 3.8) is 0 Å². The quantitative estimate of drug-likeness (QED) is 0.865. The normalized spacial score (nSPS) is 18.9. The first kappa shape index (κ1) is 15.3. The topological polar surface area (TPSA) is 69.6 Å². The molecule has 0 radical (unpaired) electrons. The van der Waals surface area contributed by atoms with Crippen molar-refractivity contribution in [1.29, 1.82) is 0 Å². The Hall–Kier alpha value is -1.11. The molecule has 1 aliphatic rings. The minimum Gasteiger partial charge on any atom is -0.508 e. The summed E-state index contributed by atoms with van der Waals surface area (Å²) in [5.41, 5.74) is 0. The van der Waals surface area contributed by atoms with Crippen LogP contribution in [0.5, 0.6) is 5.75 Å². The fourth-order valence-electron chi connectivity index (χ4n) is 2.52. The molecule has 0 aromatic heterocycles. The van der Waals surface area contributed by atoms with Gasteiger partial charge >= 0.3 is 0 Å². The highest BCUT2D eigenvalue weighted by Gasteiger charge is 2.20. The van der Waals surface area contributed by atoms with Gasteiger partial charge in [-0.25, -0.2) is 13.1 Å². The number of rotatable bonds is 5. The summed E-state index contributed by atoms with van der Waals surface area (Å²) in [5, 5.41) is 9.20. The zero-order chi connectivity index (χ0) is 14.6. The van der Waals surface area contributed by atoms with Crippen molar-refractivity contribution < 1.29 is 13.5 Å². The Morgan fingerprint density at radius 3 is 2.40 bits per heavy atom. The minimum absolute atomic E-state index is 0.0605. The number of nitrogens with zero attached hydrogens (tertiary/aromatic N) is 1. The lowest BCUT2D eigenvalue weighted by Crippen LogP contribution is -2.43. The summed E-state index contributed by atoms with van der Waals surface area (Å²) >= 11 is 0. The molecule has 1 aliphatic heterocycles. The maximum Gasteiger partial charge on any atom is 0.240 e. The van der Waals surface area contributed by atoms with Crippen LogP contribution in [0.15, 0.2) is 29.2 Å². The lowest BCUT2D eigenvalue weighted by Gasteiger charge is -2.29. The molecule has 1 heterocycles. The minimum atomic E-state index is -3.51. The molecule has 0 aliphatic carbocycles. The number of benzene rings is 1. The van der Waals surface area contributed by atoms with Gasteiger partial charge in [0, 0.05) is 12.6 Å². The smallest absolute Gasteiger partial charge is 0.240 e. The average Bonchev–Trinajstić information content (AvgIpc) is 2.39. The van der Waals surface area contributed by atoms with Gasteiger partial charge in [0.25, 0.3) is 0 Å². The molecule has 0 saturated carbocycles. The summed E-state index contributed by atoms with van der Waals surface area (Å²) < 4.78 is 27.1. The van der Waals surface area contributed by atoms with E-state index >= 15 is 0 Å². The molecule has 2 rings (SSSR count). The predicted octanol–water partition coefficient (Wildman–Crippen LogP) is 1.54. The molecule has 112 valence electrons. The van der Waals surface area contributed by atoms with Gasteiger partial charge in [-0.3, -0.25) is 0 Å². The van der Waals surface area contributed by atoms with E-state index in [1.165, 1.54) is 43.5 Å². The molecule has 6 heteroatoms. The SMILES string of the molecule is CC(CN1CCCCC1)NS(=O)(=O)c1ccc(O)cc1. The Morgan fingerprint density at radius 1 is 1.20 bits per heavy atom. The Labute approximate surface area is 120 Å². The van der Waals surface area contributed by atoms with E-state index in [0.29, 0.717) is 0 Å². The first-order valence-electron chi connectivity index (χ1n) is 7.01. The van der Waals surface area contributed by atoms with Crippen LogP contribution in [0.25, 0.3) is 0 Å². The van der Waals surface area contributed by atoms with Gasteiger partial charge in [0.1, 0.15) is 5.75 Å². The third-order valence-electron chi connectivity index (χ3n) is 3.48. The highest BCUT2D eigenvalue weighted by atomic mass is 32.2. The number of phenols is 1. The van der Waals surface area contributed by atoms with Crippen LogP contribution < -0.4 is 4.72 Å². The number of aromatic hydroxyl groups is 1. The number of phenolic OH excluding ortho intramolecular Hbond substituents is 1. The van der Waals surface area contributed by atoms with Gasteiger partial charge in [-0.2, -0.15) is 0 Å². The molecule has 1 unspecified atom stereocenters. The zero-order valence-electron chi connectivity index (χ0n) is 11.7. The molecule has 1 saturated heterocycles. The first-order valence-corrected chi connectivity index (χ1v) is 8.49. The number of hydrogen-bond acceptors (Lipinski definition) is 4. The molecule has 2 N–H and O–H groups in total. The summed E-state index contributed by atoms with van der Waals surface area (Å²) in [7, 11) is -3.51. The summed E-state index contributed by atoms with van der Waals surface area (Å²) in [4.78, 5) is 2.48. The van der Waals surface area contributed by atoms with E-state index in [9.17, 15) is 13.5 Å². The highest BCUT2D eigenvalue weighted by molar-refractivity contribution is 7.89. The fraction of sp³-hybridized carbons (Fsp3) is 0.571. The van der Waals surface area contributed by atoms with Crippen molar-refractivity contribution in [2.45, 2.75) is 37.1 Å². The molecule has 1 aromatic rings. The van der Waals surface area contributed by atoms with Crippen LogP contribution in [0.1, 0.15) is 26.2 Å². The van der Waals surface area contributed by atoms with Crippen molar-refractivity contribution in [2.24, 2.45) is 0 Å². The molecule has 1 fully saturated rings. The van der Waals surface area contributed by atoms with Crippen LogP contribution >= 0.6 is 0 Å². The Balaban J connectivity index is 1.95. The first-order chi connectivity index (χ1) is 9.47. The van der Waals surface area contributed by atoms with E-state index in [1.54, 1.807) is 0 Å². The molecule has 0 spiro atoms. The van der Waals surface area contributed by atoms with Gasteiger partial charge in [-0.15, -0.1) is 0 Å². The van der Waals surface area contributed by atoms with Gasteiger partial charge in [-0.05, 0) is 57.1 Å². The molecule has 1 aromatic carbocycles. The average molecular weight is 298 g/mol. The second-order valence-corrected chi connectivity index (χ2v) is 7.09. The number of sulfonamides is 1. The van der Waals surface area contributed by atoms with Gasteiger partial charge in [-0.1, -0.05) is 6.42 Å². The molecular weight excluding hydrogens is 276 g/mol. The van der Waals surface area contributed by atoms with Gasteiger partial charge in [0.05, 0.1) is 4.90 Å². The second kappa shape index (κ2) is 6.56. The fourth-order valence-corrected chi connectivity index (χ4v) is 3.76. The van der Waals surface area contributed by atoms with Crippen LogP contribution in [0.3, 0.4) is 0 Å². The van der Waals surface area contributed by atoms with E-state index in [1.807, 2.05) is 6.92 Å². The van der Waals surface area contributed by atoms with E-state index in [0.717, 1.165) is 19.6 Å². The van der Waals surface area contributed by atoms with E-state index in [4.69, 9.17) is 0 Å². The molecular formula is C14H22N2O3S. The molecule has 1 atom stereocenters. The van der Waals surface area contributed by atoms with Crippen LogP contribution in [0.2, 0.25) is 0 Å². The number of nitrogens with one attached hydrogen (secondary N) is 1. The standard InChI is InChI=1S/C14H22N2O3S/c1-12(11-16-9-3-2-4-10-16)15-20(18,19)14-7-5-13(17)6-8-14/h5-8,12,15,17H,2-4,9-11H2,1H3. The Kier molecular flexibility index (Phi) is 5.01. The van der Waals surface area contributed by atoms with Crippen molar-refractivity contribution >= 4 is 10.0 Å². The molecule has 0 bridgehead atoms. The number of likely N-dealkylation sites (tertiary alicyclic amines) is 1. The maximum atomic E-state index is 12.2. The molecule has 5 nitrogen and oxygen atoms in total. The summed E-state index contributed by atoms with van der Waals surface area (Å²) in [6, 6.07) is 5.44. The maximum absolute atomic E-state index is 12.2. The lowest BCUT2D eigenvalue weighted by molar-refractivity contribution is 0.215. The lowest BCUT2D eigenvalue weighted by atomic mass is 10.1. The van der Waals surface area contributed by atoms with Gasteiger partial charge in [0.15, 0.2) is 0 Å². The van der Waals surface area contributed by atoms with Gasteiger partial charge < -0.3 is 10.0 Å². The van der Waals surface area contributed by atoms with E-state index in [-0.39, 0.29) is 16.7 Å². The monoisotopic (exact) mass is 298 g/mol. The third kappa shape index (κ3) is 4.19. The Morgan fingerprint density at radius 2 is 1.80 bits per heavy atom. The summed E-state index contributed by atoms with van der Waals surface area (Å²) in [6.07, 6.45) is 3.65. The molecule has 20 heavy (non-hydrogen) atoms. The van der Waals surface area contributed by atoms with Crippen molar-refractivity contribution in [1.82, 2.24) is 9.62 Å². The van der Waals surface area contributed by atoms with Crippen molar-refractivity contribution in [3.8, 4) is 5.75 Å². The van der Waals surface area contributed by atoms with Crippen LogP contribution in [0, 0.1) is 0 Å². The summed E-state index contributed by atoms with van der Waals surface area (Å²) in [6.45, 7) is 4.71. The van der Waals surface area contributed by atoms with Gasteiger partial charge in [0.2, 0.25) is 10.0 Å².